The van der Waals surface area contributed by atoms with Crippen LogP contribution >= 0.6 is 0 Å². The molecule has 0 saturated carbocycles. The molecule has 1 unspecified atom stereocenters. The summed E-state index contributed by atoms with van der Waals surface area (Å²) in [6.45, 7) is 4.60. The summed E-state index contributed by atoms with van der Waals surface area (Å²) in [5.41, 5.74) is 0.0793. The molecule has 1 aliphatic heterocycles. The second kappa shape index (κ2) is 7.17. The first-order valence-corrected chi connectivity index (χ1v) is 7.19. The van der Waals surface area contributed by atoms with Crippen molar-refractivity contribution >= 4 is 11.9 Å². The van der Waals surface area contributed by atoms with Gasteiger partial charge in [-0.1, -0.05) is 6.07 Å². The van der Waals surface area contributed by atoms with Gasteiger partial charge in [0.05, 0.1) is 6.61 Å². The average Bonchev–Trinajstić information content (AvgIpc) is 2.52. The maximum atomic E-state index is 12.4. The minimum Gasteiger partial charge on any atom is -0.477 e. The highest BCUT2D eigenvalue weighted by atomic mass is 16.5. The zero-order chi connectivity index (χ0) is 15.2. The number of pyridine rings is 1. The Labute approximate surface area is 123 Å². The maximum absolute atomic E-state index is 12.4. The lowest BCUT2D eigenvalue weighted by atomic mass is 9.98. The lowest BCUT2D eigenvalue weighted by molar-refractivity contribution is 0.0496. The zero-order valence-electron chi connectivity index (χ0n) is 12.1. The minimum absolute atomic E-state index is 0.108. The first kappa shape index (κ1) is 15.4. The fraction of sp³-hybridized carbons (Fsp3) is 0.533. The molecular formula is C15H20N2O4. The molecule has 0 aliphatic carbocycles. The number of piperidine rings is 1. The highest BCUT2D eigenvalue weighted by molar-refractivity contribution is 5.94. The van der Waals surface area contributed by atoms with Crippen molar-refractivity contribution in [3.63, 3.8) is 0 Å². The number of amides is 1. The van der Waals surface area contributed by atoms with Gasteiger partial charge in [0, 0.05) is 19.7 Å². The van der Waals surface area contributed by atoms with Crippen molar-refractivity contribution in [2.24, 2.45) is 5.92 Å². The first-order valence-electron chi connectivity index (χ1n) is 7.19. The predicted molar refractivity (Wildman–Crippen MR) is 76.3 cm³/mol. The molecule has 1 fully saturated rings. The number of carboxylic acids is 1. The van der Waals surface area contributed by atoms with E-state index in [9.17, 15) is 9.59 Å². The van der Waals surface area contributed by atoms with Crippen LogP contribution in [0.15, 0.2) is 18.2 Å². The molecule has 1 aromatic heterocycles. The summed E-state index contributed by atoms with van der Waals surface area (Å²) in [7, 11) is 0. The topological polar surface area (TPSA) is 79.7 Å². The van der Waals surface area contributed by atoms with E-state index in [1.54, 1.807) is 17.0 Å². The van der Waals surface area contributed by atoms with Gasteiger partial charge in [0.2, 0.25) is 0 Å². The average molecular weight is 292 g/mol. The third-order valence-corrected chi connectivity index (χ3v) is 3.55. The number of carbonyl (C=O) groups is 2. The maximum Gasteiger partial charge on any atom is 0.354 e. The summed E-state index contributed by atoms with van der Waals surface area (Å²) in [5, 5.41) is 8.94. The third kappa shape index (κ3) is 4.01. The van der Waals surface area contributed by atoms with E-state index in [1.165, 1.54) is 6.07 Å². The Balaban J connectivity index is 2.05. The van der Waals surface area contributed by atoms with Crippen molar-refractivity contribution in [1.29, 1.82) is 0 Å². The van der Waals surface area contributed by atoms with Crippen LogP contribution in [0.2, 0.25) is 0 Å². The Hall–Kier alpha value is -1.95. The van der Waals surface area contributed by atoms with Gasteiger partial charge in [-0.25, -0.2) is 9.78 Å². The van der Waals surface area contributed by atoms with Gasteiger partial charge in [-0.05, 0) is 37.8 Å². The van der Waals surface area contributed by atoms with Gasteiger partial charge in [-0.15, -0.1) is 0 Å². The Kier molecular flexibility index (Phi) is 5.27. The number of nitrogens with zero attached hydrogens (tertiary/aromatic N) is 2. The molecule has 0 radical (unpaired) electrons. The van der Waals surface area contributed by atoms with E-state index in [0.29, 0.717) is 32.2 Å². The molecule has 0 spiro atoms. The molecule has 1 aliphatic rings. The number of hydrogen-bond acceptors (Lipinski definition) is 4. The van der Waals surface area contributed by atoms with Crippen LogP contribution in [0, 0.1) is 5.92 Å². The van der Waals surface area contributed by atoms with Crippen LogP contribution in [0.3, 0.4) is 0 Å². The van der Waals surface area contributed by atoms with Gasteiger partial charge in [-0.3, -0.25) is 4.79 Å². The van der Waals surface area contributed by atoms with Crippen molar-refractivity contribution in [3.05, 3.63) is 29.6 Å². The minimum atomic E-state index is -1.13. The number of rotatable bonds is 5. The number of ether oxygens (including phenoxy) is 1. The van der Waals surface area contributed by atoms with Gasteiger partial charge in [0.1, 0.15) is 11.4 Å². The zero-order valence-corrected chi connectivity index (χ0v) is 12.1. The van der Waals surface area contributed by atoms with Crippen LogP contribution in [0.1, 0.15) is 40.7 Å². The van der Waals surface area contributed by atoms with Crippen molar-refractivity contribution in [3.8, 4) is 0 Å². The van der Waals surface area contributed by atoms with Gasteiger partial charge in [0.25, 0.3) is 5.91 Å². The quantitative estimate of drug-likeness (QED) is 0.893. The van der Waals surface area contributed by atoms with Gasteiger partial charge < -0.3 is 14.7 Å². The highest BCUT2D eigenvalue weighted by Crippen LogP contribution is 2.18. The van der Waals surface area contributed by atoms with E-state index in [-0.39, 0.29) is 17.3 Å². The van der Waals surface area contributed by atoms with Crippen LogP contribution in [0.4, 0.5) is 0 Å². The number of aromatic carboxylic acids is 1. The molecule has 1 saturated heterocycles. The van der Waals surface area contributed by atoms with E-state index >= 15 is 0 Å². The highest BCUT2D eigenvalue weighted by Gasteiger charge is 2.25. The number of carboxylic acid groups (broad SMARTS) is 1. The molecule has 6 nitrogen and oxygen atoms in total. The van der Waals surface area contributed by atoms with E-state index in [1.807, 2.05) is 6.92 Å². The predicted octanol–water partition coefficient (Wildman–Crippen LogP) is 1.67. The molecular weight excluding hydrogens is 272 g/mol. The lowest BCUT2D eigenvalue weighted by Gasteiger charge is -2.32. The lowest BCUT2D eigenvalue weighted by Crippen LogP contribution is -2.41. The summed E-state index contributed by atoms with van der Waals surface area (Å²) in [4.78, 5) is 29.0. The smallest absolute Gasteiger partial charge is 0.354 e. The van der Waals surface area contributed by atoms with Crippen LogP contribution in [0.25, 0.3) is 0 Å². The van der Waals surface area contributed by atoms with Crippen molar-refractivity contribution in [2.45, 2.75) is 19.8 Å². The first-order chi connectivity index (χ1) is 10.1. The van der Waals surface area contributed by atoms with Crippen molar-refractivity contribution < 1.29 is 19.4 Å². The molecule has 0 bridgehead atoms. The SMILES string of the molecule is CCOCC1CCCN(C(=O)c2cccc(C(=O)O)n2)C1. The van der Waals surface area contributed by atoms with Crippen LogP contribution < -0.4 is 0 Å². The number of hydrogen-bond donors (Lipinski definition) is 1. The number of likely N-dealkylation sites (tertiary alicyclic amines) is 1. The van der Waals surface area contributed by atoms with Gasteiger partial charge >= 0.3 is 5.97 Å². The Morgan fingerprint density at radius 1 is 1.43 bits per heavy atom. The van der Waals surface area contributed by atoms with Crippen molar-refractivity contribution in [2.75, 3.05) is 26.3 Å². The molecule has 114 valence electrons. The number of carbonyl (C=O) groups excluding carboxylic acids is 1. The molecule has 2 rings (SSSR count). The Bertz CT molecular complexity index is 518. The molecule has 1 N–H and O–H groups in total. The summed E-state index contributed by atoms with van der Waals surface area (Å²) in [6, 6.07) is 4.49. The molecule has 6 heteroatoms. The molecule has 1 atom stereocenters. The summed E-state index contributed by atoms with van der Waals surface area (Å²) in [5.74, 6) is -0.998. The molecule has 21 heavy (non-hydrogen) atoms. The Morgan fingerprint density at radius 3 is 2.90 bits per heavy atom. The summed E-state index contributed by atoms with van der Waals surface area (Å²) >= 11 is 0. The van der Waals surface area contributed by atoms with Gasteiger partial charge in [0.15, 0.2) is 0 Å². The fourth-order valence-electron chi connectivity index (χ4n) is 2.51. The molecule has 0 aromatic carbocycles. The second-order valence-electron chi connectivity index (χ2n) is 5.13. The summed E-state index contributed by atoms with van der Waals surface area (Å²) in [6.07, 6.45) is 1.98. The third-order valence-electron chi connectivity index (χ3n) is 3.55. The summed E-state index contributed by atoms with van der Waals surface area (Å²) < 4.78 is 5.43. The second-order valence-corrected chi connectivity index (χ2v) is 5.13. The van der Waals surface area contributed by atoms with E-state index in [4.69, 9.17) is 9.84 Å². The van der Waals surface area contributed by atoms with Crippen LogP contribution in [0.5, 0.6) is 0 Å². The van der Waals surface area contributed by atoms with Crippen LogP contribution in [-0.4, -0.2) is 53.2 Å². The molecule has 1 aromatic rings. The fourth-order valence-corrected chi connectivity index (χ4v) is 2.51. The standard InChI is InChI=1S/C15H20N2O4/c1-2-21-10-11-5-4-8-17(9-11)14(18)12-6-3-7-13(16-12)15(19)20/h3,6-7,11H,2,4-5,8-10H2,1H3,(H,19,20). The van der Waals surface area contributed by atoms with Crippen molar-refractivity contribution in [1.82, 2.24) is 9.88 Å². The largest absolute Gasteiger partial charge is 0.477 e. The van der Waals surface area contributed by atoms with E-state index in [0.717, 1.165) is 12.8 Å². The molecule has 2 heterocycles. The van der Waals surface area contributed by atoms with Gasteiger partial charge in [-0.2, -0.15) is 0 Å². The number of aromatic nitrogens is 1. The molecule has 1 amide bonds. The monoisotopic (exact) mass is 292 g/mol. The Morgan fingerprint density at radius 2 is 2.19 bits per heavy atom. The van der Waals surface area contributed by atoms with E-state index < -0.39 is 5.97 Å². The van der Waals surface area contributed by atoms with Crippen LogP contribution in [-0.2, 0) is 4.74 Å². The van der Waals surface area contributed by atoms with E-state index in [2.05, 4.69) is 4.98 Å². The normalized spacial score (nSPS) is 18.5.